The molecule has 0 aromatic carbocycles. The average Bonchev–Trinajstić information content (AvgIpc) is 3.02. The van der Waals surface area contributed by atoms with E-state index in [1.165, 1.54) is 0 Å². The van der Waals surface area contributed by atoms with Crippen molar-refractivity contribution < 1.29 is 14.3 Å². The summed E-state index contributed by atoms with van der Waals surface area (Å²) in [6, 6.07) is -0.0729. The first-order valence-corrected chi connectivity index (χ1v) is 7.58. The molecule has 0 radical (unpaired) electrons. The third-order valence-corrected chi connectivity index (χ3v) is 3.87. The Balaban J connectivity index is 1.97. The second kappa shape index (κ2) is 5.62. The van der Waals surface area contributed by atoms with Gasteiger partial charge in [-0.2, -0.15) is 0 Å². The number of ether oxygens (including phenoxy) is 1. The minimum atomic E-state index is -0.527. The lowest BCUT2D eigenvalue weighted by atomic mass is 10.0. The SMILES string of the molecule is C[C@H]1C[C@H]1NC(=O)[C@@H]1CCCCN1C(=O)OC(C)(C)C. The van der Waals surface area contributed by atoms with Crippen LogP contribution in [-0.2, 0) is 9.53 Å². The first kappa shape index (κ1) is 15.1. The van der Waals surface area contributed by atoms with Gasteiger partial charge in [-0.05, 0) is 52.4 Å². The molecule has 0 spiro atoms. The summed E-state index contributed by atoms with van der Waals surface area (Å²) in [4.78, 5) is 26.1. The number of nitrogens with one attached hydrogen (secondary N) is 1. The zero-order valence-corrected chi connectivity index (χ0v) is 12.9. The predicted molar refractivity (Wildman–Crippen MR) is 76.3 cm³/mol. The van der Waals surface area contributed by atoms with Crippen LogP contribution in [0, 0.1) is 5.92 Å². The Labute approximate surface area is 121 Å². The molecule has 1 saturated carbocycles. The molecule has 2 amide bonds. The molecule has 5 nitrogen and oxygen atoms in total. The maximum atomic E-state index is 12.3. The minimum absolute atomic E-state index is 0.0232. The van der Waals surface area contributed by atoms with Crippen molar-refractivity contribution in [3.05, 3.63) is 0 Å². The third-order valence-electron chi connectivity index (χ3n) is 3.87. The van der Waals surface area contributed by atoms with Crippen LogP contribution in [0.1, 0.15) is 53.4 Å². The number of rotatable bonds is 2. The summed E-state index contributed by atoms with van der Waals surface area (Å²) in [5.74, 6) is 0.544. The highest BCUT2D eigenvalue weighted by atomic mass is 16.6. The number of hydrogen-bond acceptors (Lipinski definition) is 3. The normalized spacial score (nSPS) is 29.8. The van der Waals surface area contributed by atoms with Crippen molar-refractivity contribution in [2.75, 3.05) is 6.54 Å². The van der Waals surface area contributed by atoms with Gasteiger partial charge in [-0.1, -0.05) is 6.92 Å². The number of likely N-dealkylation sites (tertiary alicyclic amines) is 1. The summed E-state index contributed by atoms with van der Waals surface area (Å²) < 4.78 is 5.41. The van der Waals surface area contributed by atoms with E-state index < -0.39 is 5.60 Å². The van der Waals surface area contributed by atoms with Gasteiger partial charge in [0.2, 0.25) is 5.91 Å². The average molecular weight is 282 g/mol. The molecule has 1 saturated heterocycles. The van der Waals surface area contributed by atoms with Gasteiger partial charge in [-0.15, -0.1) is 0 Å². The summed E-state index contributed by atoms with van der Waals surface area (Å²) in [7, 11) is 0. The summed E-state index contributed by atoms with van der Waals surface area (Å²) in [6.07, 6.45) is 3.32. The van der Waals surface area contributed by atoms with Gasteiger partial charge in [0.25, 0.3) is 0 Å². The van der Waals surface area contributed by atoms with Gasteiger partial charge >= 0.3 is 6.09 Å². The van der Waals surface area contributed by atoms with Gasteiger partial charge in [0.1, 0.15) is 11.6 Å². The second-order valence-corrected chi connectivity index (χ2v) is 7.01. The topological polar surface area (TPSA) is 58.6 Å². The maximum Gasteiger partial charge on any atom is 0.410 e. The molecule has 2 rings (SSSR count). The summed E-state index contributed by atoms with van der Waals surface area (Å²) >= 11 is 0. The van der Waals surface area contributed by atoms with E-state index in [-0.39, 0.29) is 18.0 Å². The smallest absolute Gasteiger partial charge is 0.410 e. The second-order valence-electron chi connectivity index (χ2n) is 7.01. The van der Waals surface area contributed by atoms with Gasteiger partial charge in [-0.25, -0.2) is 4.79 Å². The number of piperidine rings is 1. The van der Waals surface area contributed by atoms with E-state index in [0.29, 0.717) is 18.5 Å². The van der Waals surface area contributed by atoms with E-state index in [9.17, 15) is 9.59 Å². The van der Waals surface area contributed by atoms with Crippen molar-refractivity contribution in [2.24, 2.45) is 5.92 Å². The van der Waals surface area contributed by atoms with E-state index in [4.69, 9.17) is 4.74 Å². The van der Waals surface area contributed by atoms with Crippen LogP contribution in [-0.4, -0.2) is 41.1 Å². The Morgan fingerprint density at radius 2 is 1.90 bits per heavy atom. The molecule has 1 N–H and O–H groups in total. The third kappa shape index (κ3) is 3.87. The van der Waals surface area contributed by atoms with Crippen molar-refractivity contribution in [3.63, 3.8) is 0 Å². The molecule has 1 aliphatic heterocycles. The first-order valence-electron chi connectivity index (χ1n) is 7.58. The van der Waals surface area contributed by atoms with Crippen LogP contribution in [0.2, 0.25) is 0 Å². The van der Waals surface area contributed by atoms with Crippen LogP contribution >= 0.6 is 0 Å². The van der Waals surface area contributed by atoms with Crippen LogP contribution < -0.4 is 5.32 Å². The summed E-state index contributed by atoms with van der Waals surface area (Å²) in [5.41, 5.74) is -0.527. The molecule has 20 heavy (non-hydrogen) atoms. The Hall–Kier alpha value is -1.26. The van der Waals surface area contributed by atoms with Crippen molar-refractivity contribution in [1.29, 1.82) is 0 Å². The van der Waals surface area contributed by atoms with Gasteiger partial charge in [0, 0.05) is 12.6 Å². The van der Waals surface area contributed by atoms with Crippen molar-refractivity contribution in [3.8, 4) is 0 Å². The molecule has 2 aliphatic rings. The Morgan fingerprint density at radius 3 is 2.45 bits per heavy atom. The number of amides is 2. The lowest BCUT2D eigenvalue weighted by Crippen LogP contribution is -2.53. The Kier molecular flexibility index (Phi) is 4.25. The molecule has 0 aromatic heterocycles. The van der Waals surface area contributed by atoms with Gasteiger partial charge in [0.15, 0.2) is 0 Å². The first-order chi connectivity index (χ1) is 9.28. The number of carbonyl (C=O) groups excluding carboxylic acids is 2. The van der Waals surface area contributed by atoms with E-state index in [1.54, 1.807) is 4.90 Å². The van der Waals surface area contributed by atoms with Crippen LogP contribution in [0.15, 0.2) is 0 Å². The molecule has 1 aliphatic carbocycles. The minimum Gasteiger partial charge on any atom is -0.444 e. The molecule has 2 fully saturated rings. The Bertz CT molecular complexity index is 389. The fourth-order valence-electron chi connectivity index (χ4n) is 2.55. The summed E-state index contributed by atoms with van der Waals surface area (Å²) in [6.45, 7) is 8.26. The van der Waals surface area contributed by atoms with E-state index >= 15 is 0 Å². The van der Waals surface area contributed by atoms with E-state index in [1.807, 2.05) is 20.8 Å². The maximum absolute atomic E-state index is 12.3. The lowest BCUT2D eigenvalue weighted by Gasteiger charge is -2.35. The molecular formula is C15H26N2O3. The fraction of sp³-hybridized carbons (Fsp3) is 0.867. The van der Waals surface area contributed by atoms with E-state index in [2.05, 4.69) is 12.2 Å². The molecule has 0 bridgehead atoms. The largest absolute Gasteiger partial charge is 0.444 e. The van der Waals surface area contributed by atoms with Crippen molar-refractivity contribution in [1.82, 2.24) is 10.2 Å². The number of nitrogens with zero attached hydrogens (tertiary/aromatic N) is 1. The molecule has 3 atom stereocenters. The van der Waals surface area contributed by atoms with Crippen LogP contribution in [0.3, 0.4) is 0 Å². The van der Waals surface area contributed by atoms with Gasteiger partial charge in [-0.3, -0.25) is 9.69 Å². The number of carbonyl (C=O) groups is 2. The quantitative estimate of drug-likeness (QED) is 0.845. The summed E-state index contributed by atoms with van der Waals surface area (Å²) in [5, 5.41) is 3.03. The predicted octanol–water partition coefficient (Wildman–Crippen LogP) is 2.30. The van der Waals surface area contributed by atoms with Crippen molar-refractivity contribution >= 4 is 12.0 Å². The number of hydrogen-bond donors (Lipinski definition) is 1. The monoisotopic (exact) mass is 282 g/mol. The lowest BCUT2D eigenvalue weighted by molar-refractivity contribution is -0.127. The van der Waals surface area contributed by atoms with Crippen LogP contribution in [0.25, 0.3) is 0 Å². The molecule has 0 aromatic rings. The van der Waals surface area contributed by atoms with Gasteiger partial charge in [0.05, 0.1) is 0 Å². The standard InChI is InChI=1S/C15H26N2O3/c1-10-9-11(10)16-13(18)12-7-5-6-8-17(12)14(19)20-15(2,3)4/h10-12H,5-9H2,1-4H3,(H,16,18)/t10-,11+,12-/m0/s1. The van der Waals surface area contributed by atoms with Crippen LogP contribution in [0.4, 0.5) is 4.79 Å². The molecule has 5 heteroatoms. The van der Waals surface area contributed by atoms with Crippen LogP contribution in [0.5, 0.6) is 0 Å². The zero-order chi connectivity index (χ0) is 14.9. The molecule has 114 valence electrons. The highest BCUT2D eigenvalue weighted by Gasteiger charge is 2.39. The highest BCUT2D eigenvalue weighted by molar-refractivity contribution is 5.86. The zero-order valence-electron chi connectivity index (χ0n) is 12.9. The van der Waals surface area contributed by atoms with E-state index in [0.717, 1.165) is 25.7 Å². The fourth-order valence-corrected chi connectivity index (χ4v) is 2.55. The highest BCUT2D eigenvalue weighted by Crippen LogP contribution is 2.30. The molecule has 1 heterocycles. The van der Waals surface area contributed by atoms with Gasteiger partial charge < -0.3 is 10.1 Å². The Morgan fingerprint density at radius 1 is 1.25 bits per heavy atom. The molecular weight excluding hydrogens is 256 g/mol. The van der Waals surface area contributed by atoms with Crippen molar-refractivity contribution in [2.45, 2.75) is 71.1 Å². The molecule has 0 unspecified atom stereocenters.